The van der Waals surface area contributed by atoms with Gasteiger partial charge < -0.3 is 10.4 Å². The Morgan fingerprint density at radius 2 is 2.40 bits per heavy atom. The highest BCUT2D eigenvalue weighted by molar-refractivity contribution is 7.10. The lowest BCUT2D eigenvalue weighted by Gasteiger charge is -2.03. The number of carbonyl (C=O) groups excluding carboxylic acids is 1. The van der Waals surface area contributed by atoms with Crippen LogP contribution in [0.2, 0.25) is 0 Å². The minimum absolute atomic E-state index is 0.161. The fourth-order valence-corrected chi connectivity index (χ4v) is 3.01. The number of nitrogens with zero attached hydrogens (tertiary/aromatic N) is 2. The van der Waals surface area contributed by atoms with Gasteiger partial charge >= 0.3 is 0 Å². The predicted molar refractivity (Wildman–Crippen MR) is 78.7 cm³/mol. The van der Waals surface area contributed by atoms with E-state index in [9.17, 15) is 4.79 Å². The Kier molecular flexibility index (Phi) is 5.24. The van der Waals surface area contributed by atoms with E-state index in [0.29, 0.717) is 17.8 Å². The number of aromatic nitrogens is 2. The number of carbonyl (C=O) groups is 1. The summed E-state index contributed by atoms with van der Waals surface area (Å²) in [6.45, 7) is 2.18. The monoisotopic (exact) mass is 307 g/mol. The molecule has 1 amide bonds. The van der Waals surface area contributed by atoms with Crippen molar-refractivity contribution in [2.75, 3.05) is 6.61 Å². The Morgan fingerprint density at radius 3 is 3.15 bits per heavy atom. The molecule has 0 aliphatic carbocycles. The second-order valence-electron chi connectivity index (χ2n) is 3.80. The second kappa shape index (κ2) is 7.14. The van der Waals surface area contributed by atoms with Crippen LogP contribution in [-0.4, -0.2) is 27.2 Å². The van der Waals surface area contributed by atoms with Crippen LogP contribution in [0.4, 0.5) is 0 Å². The third-order valence-corrected chi connectivity index (χ3v) is 4.24. The van der Waals surface area contributed by atoms with Crippen molar-refractivity contribution >= 4 is 28.8 Å². The summed E-state index contributed by atoms with van der Waals surface area (Å²) in [5.41, 5.74) is 1.56. The zero-order valence-electron chi connectivity index (χ0n) is 10.8. The number of aryl methyl sites for hydroxylation is 1. The van der Waals surface area contributed by atoms with Crippen LogP contribution in [0.1, 0.15) is 32.7 Å². The molecule has 0 saturated carbocycles. The maximum atomic E-state index is 12.1. The summed E-state index contributed by atoms with van der Waals surface area (Å²) in [5, 5.41) is 17.4. The molecule has 2 heterocycles. The summed E-state index contributed by atoms with van der Waals surface area (Å²) in [4.78, 5) is 13.6. The van der Waals surface area contributed by atoms with Gasteiger partial charge in [-0.1, -0.05) is 23.3 Å². The predicted octanol–water partition coefficient (Wildman–Crippen LogP) is 1.44. The second-order valence-corrected chi connectivity index (χ2v) is 5.56. The van der Waals surface area contributed by atoms with Crippen molar-refractivity contribution in [1.29, 1.82) is 0 Å². The first kappa shape index (κ1) is 14.7. The first-order valence-corrected chi connectivity index (χ1v) is 7.67. The molecule has 0 radical (unpaired) electrons. The normalized spacial score (nSPS) is 9.90. The molecule has 104 valence electrons. The molecule has 0 fully saturated rings. The average Bonchev–Trinajstić information content (AvgIpc) is 3.10. The van der Waals surface area contributed by atoms with Crippen molar-refractivity contribution in [3.05, 3.63) is 32.5 Å². The van der Waals surface area contributed by atoms with Gasteiger partial charge in [0.05, 0.1) is 12.2 Å². The molecule has 2 rings (SSSR count). The van der Waals surface area contributed by atoms with Gasteiger partial charge in [0.25, 0.3) is 5.91 Å². The number of hydrogen-bond acceptors (Lipinski definition) is 6. The van der Waals surface area contributed by atoms with Crippen LogP contribution in [0.3, 0.4) is 0 Å². The van der Waals surface area contributed by atoms with E-state index in [2.05, 4.69) is 26.7 Å². The standard InChI is InChI=1S/C13H13N3O2S2/c1-2-10-12(20-16-15-10)13(18)14-8-11-9(4-3-6-17)5-7-19-11/h5,7,17H,2,6,8H2,1H3,(H,14,18). The number of aliphatic hydroxyl groups excluding tert-OH is 1. The molecule has 0 unspecified atom stereocenters. The van der Waals surface area contributed by atoms with Gasteiger partial charge in [-0.05, 0) is 29.4 Å². The molecule has 2 aromatic heterocycles. The van der Waals surface area contributed by atoms with Gasteiger partial charge in [0, 0.05) is 10.4 Å². The maximum absolute atomic E-state index is 12.1. The lowest BCUT2D eigenvalue weighted by Crippen LogP contribution is -2.22. The van der Waals surface area contributed by atoms with Crippen LogP contribution >= 0.6 is 22.9 Å². The molecule has 0 atom stereocenters. The summed E-state index contributed by atoms with van der Waals surface area (Å²) in [6.07, 6.45) is 0.686. The molecule has 2 aromatic rings. The largest absolute Gasteiger partial charge is 0.384 e. The highest BCUT2D eigenvalue weighted by Crippen LogP contribution is 2.16. The highest BCUT2D eigenvalue weighted by Gasteiger charge is 2.15. The summed E-state index contributed by atoms with van der Waals surface area (Å²) in [7, 11) is 0. The van der Waals surface area contributed by atoms with Crippen LogP contribution < -0.4 is 5.32 Å². The first-order valence-electron chi connectivity index (χ1n) is 6.01. The SMILES string of the molecule is CCc1nnsc1C(=O)NCc1sccc1C#CCO. The number of aliphatic hydroxyl groups is 1. The summed E-state index contributed by atoms with van der Waals surface area (Å²) < 4.78 is 3.80. The summed E-state index contributed by atoms with van der Waals surface area (Å²) in [5.74, 6) is 5.31. The molecule has 0 bridgehead atoms. The third kappa shape index (κ3) is 3.42. The van der Waals surface area contributed by atoms with Crippen LogP contribution in [0.15, 0.2) is 11.4 Å². The van der Waals surface area contributed by atoms with E-state index in [-0.39, 0.29) is 12.5 Å². The van der Waals surface area contributed by atoms with E-state index in [1.54, 1.807) is 0 Å². The highest BCUT2D eigenvalue weighted by atomic mass is 32.1. The molecule has 0 aromatic carbocycles. The maximum Gasteiger partial charge on any atom is 0.265 e. The fraction of sp³-hybridized carbons (Fsp3) is 0.308. The van der Waals surface area contributed by atoms with Crippen molar-refractivity contribution in [2.45, 2.75) is 19.9 Å². The van der Waals surface area contributed by atoms with E-state index in [1.807, 2.05) is 18.4 Å². The van der Waals surface area contributed by atoms with Crippen molar-refractivity contribution in [1.82, 2.24) is 14.9 Å². The minimum atomic E-state index is -0.173. The van der Waals surface area contributed by atoms with Crippen LogP contribution in [-0.2, 0) is 13.0 Å². The number of thiophene rings is 1. The Labute approximate surface area is 124 Å². The van der Waals surface area contributed by atoms with E-state index in [1.165, 1.54) is 11.3 Å². The topological polar surface area (TPSA) is 75.1 Å². The number of rotatable bonds is 4. The van der Waals surface area contributed by atoms with E-state index in [4.69, 9.17) is 5.11 Å². The molecular formula is C13H13N3O2S2. The van der Waals surface area contributed by atoms with Crippen LogP contribution in [0.25, 0.3) is 0 Å². The molecule has 0 spiro atoms. The number of hydrogen-bond donors (Lipinski definition) is 2. The van der Waals surface area contributed by atoms with E-state index >= 15 is 0 Å². The van der Waals surface area contributed by atoms with Gasteiger partial charge in [-0.2, -0.15) is 0 Å². The number of amides is 1. The average molecular weight is 307 g/mol. The zero-order chi connectivity index (χ0) is 14.4. The summed E-state index contributed by atoms with van der Waals surface area (Å²) in [6, 6.07) is 1.88. The van der Waals surface area contributed by atoms with Crippen LogP contribution in [0, 0.1) is 11.8 Å². The molecule has 7 heteroatoms. The smallest absolute Gasteiger partial charge is 0.265 e. The van der Waals surface area contributed by atoms with Crippen LogP contribution in [0.5, 0.6) is 0 Å². The lowest BCUT2D eigenvalue weighted by atomic mass is 10.2. The minimum Gasteiger partial charge on any atom is -0.384 e. The Morgan fingerprint density at radius 1 is 1.55 bits per heavy atom. The van der Waals surface area contributed by atoms with Gasteiger partial charge in [-0.15, -0.1) is 16.4 Å². The van der Waals surface area contributed by atoms with E-state index in [0.717, 1.165) is 27.7 Å². The van der Waals surface area contributed by atoms with E-state index < -0.39 is 0 Å². The van der Waals surface area contributed by atoms with Crippen molar-refractivity contribution in [2.24, 2.45) is 0 Å². The van der Waals surface area contributed by atoms with Crippen molar-refractivity contribution in [3.63, 3.8) is 0 Å². The number of nitrogens with one attached hydrogen (secondary N) is 1. The first-order chi connectivity index (χ1) is 9.76. The summed E-state index contributed by atoms with van der Waals surface area (Å²) >= 11 is 2.63. The molecular weight excluding hydrogens is 294 g/mol. The lowest BCUT2D eigenvalue weighted by molar-refractivity contribution is 0.0954. The Hall–Kier alpha value is -1.75. The quantitative estimate of drug-likeness (QED) is 0.838. The Bertz CT molecular complexity index is 652. The third-order valence-electron chi connectivity index (χ3n) is 2.55. The van der Waals surface area contributed by atoms with Gasteiger partial charge in [-0.25, -0.2) is 0 Å². The molecule has 5 nitrogen and oxygen atoms in total. The molecule has 20 heavy (non-hydrogen) atoms. The van der Waals surface area contributed by atoms with Gasteiger partial charge in [0.2, 0.25) is 0 Å². The molecule has 2 N–H and O–H groups in total. The van der Waals surface area contributed by atoms with Crippen molar-refractivity contribution < 1.29 is 9.90 Å². The van der Waals surface area contributed by atoms with Crippen molar-refractivity contribution in [3.8, 4) is 11.8 Å². The van der Waals surface area contributed by atoms with Gasteiger partial charge in [0.15, 0.2) is 0 Å². The van der Waals surface area contributed by atoms with Gasteiger partial charge in [-0.3, -0.25) is 4.79 Å². The molecule has 0 aliphatic rings. The molecule has 0 aliphatic heterocycles. The zero-order valence-corrected chi connectivity index (χ0v) is 12.5. The molecule has 0 saturated heterocycles. The van der Waals surface area contributed by atoms with Gasteiger partial charge in [0.1, 0.15) is 11.5 Å². The fourth-order valence-electron chi connectivity index (χ4n) is 1.58. The Balaban J connectivity index is 2.02.